The van der Waals surface area contributed by atoms with Crippen LogP contribution in [0, 0.1) is 0 Å². The molecule has 1 fully saturated rings. The third kappa shape index (κ3) is 3.52. The molecule has 0 unspecified atom stereocenters. The van der Waals surface area contributed by atoms with Crippen LogP contribution in [0.2, 0.25) is 5.02 Å². The second-order valence-corrected chi connectivity index (χ2v) is 8.71. The van der Waals surface area contributed by atoms with Crippen LogP contribution in [-0.2, 0) is 0 Å². The number of nitrogens with zero attached hydrogens (tertiary/aromatic N) is 3. The molecule has 7 heteroatoms. The topological polar surface area (TPSA) is 47.8 Å². The van der Waals surface area contributed by atoms with Crippen LogP contribution < -0.4 is 0 Å². The van der Waals surface area contributed by atoms with Crippen molar-refractivity contribution in [2.75, 3.05) is 0 Å². The normalized spacial score (nSPS) is 15.3. The summed E-state index contributed by atoms with van der Waals surface area (Å²) in [6, 6.07) is 11.6. The van der Waals surface area contributed by atoms with Crippen LogP contribution in [0.15, 0.2) is 46.9 Å². The van der Waals surface area contributed by atoms with Gasteiger partial charge >= 0.3 is 0 Å². The van der Waals surface area contributed by atoms with Crippen molar-refractivity contribution in [1.82, 2.24) is 14.8 Å². The van der Waals surface area contributed by atoms with E-state index < -0.39 is 0 Å². The Morgan fingerprint density at radius 1 is 1.28 bits per heavy atom. The first-order chi connectivity index (χ1) is 12.1. The number of halogens is 1. The number of rotatable bonds is 6. The first-order valence-electron chi connectivity index (χ1n) is 8.08. The van der Waals surface area contributed by atoms with E-state index in [9.17, 15) is 4.79 Å². The summed E-state index contributed by atoms with van der Waals surface area (Å²) in [4.78, 5) is 13.8. The van der Waals surface area contributed by atoms with Crippen LogP contribution in [0.5, 0.6) is 0 Å². The molecule has 1 saturated carbocycles. The fraction of sp³-hybridized carbons (Fsp3) is 0.278. The Bertz CT molecular complexity index is 886. The molecule has 2 aromatic heterocycles. The lowest BCUT2D eigenvalue weighted by molar-refractivity contribution is 0.0994. The lowest BCUT2D eigenvalue weighted by Crippen LogP contribution is -2.14. The number of hydrogen-bond donors (Lipinski definition) is 0. The second-order valence-electron chi connectivity index (χ2n) is 6.02. The van der Waals surface area contributed by atoms with Gasteiger partial charge in [-0.05, 0) is 55.5 Å². The molecule has 0 amide bonds. The molecule has 4 nitrogen and oxygen atoms in total. The molecule has 0 spiro atoms. The van der Waals surface area contributed by atoms with Crippen molar-refractivity contribution in [2.24, 2.45) is 0 Å². The number of carbonyl (C=O) groups excluding carboxylic acids is 1. The van der Waals surface area contributed by atoms with Gasteiger partial charge in [0.2, 0.25) is 0 Å². The minimum absolute atomic E-state index is 0.0738. The molecule has 1 aliphatic rings. The van der Waals surface area contributed by atoms with Crippen molar-refractivity contribution in [3.05, 3.63) is 52.4 Å². The van der Waals surface area contributed by atoms with E-state index in [0.717, 1.165) is 28.7 Å². The van der Waals surface area contributed by atoms with Crippen LogP contribution in [0.4, 0.5) is 0 Å². The van der Waals surface area contributed by atoms with Gasteiger partial charge in [0.1, 0.15) is 0 Å². The Morgan fingerprint density at radius 2 is 2.04 bits per heavy atom. The molecule has 4 rings (SSSR count). The van der Waals surface area contributed by atoms with E-state index >= 15 is 0 Å². The molecule has 0 radical (unpaired) electrons. The number of thioether (sulfide) groups is 1. The van der Waals surface area contributed by atoms with Crippen LogP contribution in [0.25, 0.3) is 10.7 Å². The van der Waals surface area contributed by atoms with Gasteiger partial charge in [-0.3, -0.25) is 9.36 Å². The SMILES string of the molecule is C[C@@H](Sc1nnc(-c2cccs2)n1C1CC1)C(=O)c1ccc(Cl)cc1. The van der Waals surface area contributed by atoms with E-state index in [-0.39, 0.29) is 11.0 Å². The summed E-state index contributed by atoms with van der Waals surface area (Å²) in [6.07, 6.45) is 2.28. The molecule has 0 N–H and O–H groups in total. The monoisotopic (exact) mass is 389 g/mol. The molecular weight excluding hydrogens is 374 g/mol. The molecule has 0 aliphatic heterocycles. The number of ketones is 1. The predicted octanol–water partition coefficient (Wildman–Crippen LogP) is 5.36. The van der Waals surface area contributed by atoms with Crippen molar-refractivity contribution < 1.29 is 4.79 Å². The summed E-state index contributed by atoms with van der Waals surface area (Å²) in [5.74, 6) is 0.982. The van der Waals surface area contributed by atoms with Gasteiger partial charge in [-0.15, -0.1) is 21.5 Å². The van der Waals surface area contributed by atoms with Gasteiger partial charge in [0, 0.05) is 16.6 Å². The van der Waals surface area contributed by atoms with Gasteiger partial charge in [-0.1, -0.05) is 29.4 Å². The van der Waals surface area contributed by atoms with Crippen molar-refractivity contribution in [3.63, 3.8) is 0 Å². The predicted molar refractivity (Wildman–Crippen MR) is 103 cm³/mol. The Kier molecular flexibility index (Phi) is 4.67. The summed E-state index contributed by atoms with van der Waals surface area (Å²) in [6.45, 7) is 1.92. The van der Waals surface area contributed by atoms with Crippen molar-refractivity contribution in [1.29, 1.82) is 0 Å². The summed E-state index contributed by atoms with van der Waals surface area (Å²) in [5, 5.41) is 12.0. The van der Waals surface area contributed by atoms with Gasteiger partial charge in [0.15, 0.2) is 16.8 Å². The molecule has 128 valence electrons. The zero-order valence-electron chi connectivity index (χ0n) is 13.6. The highest BCUT2D eigenvalue weighted by atomic mass is 35.5. The number of hydrogen-bond acceptors (Lipinski definition) is 5. The highest BCUT2D eigenvalue weighted by Gasteiger charge is 2.31. The molecule has 1 atom stereocenters. The van der Waals surface area contributed by atoms with Gasteiger partial charge in [-0.25, -0.2) is 0 Å². The molecule has 1 aromatic carbocycles. The highest BCUT2D eigenvalue weighted by molar-refractivity contribution is 8.00. The van der Waals surface area contributed by atoms with E-state index in [4.69, 9.17) is 11.6 Å². The second kappa shape index (κ2) is 6.94. The molecule has 1 aliphatic carbocycles. The number of benzene rings is 1. The van der Waals surface area contributed by atoms with E-state index in [0.29, 0.717) is 16.6 Å². The molecule has 0 bridgehead atoms. The first kappa shape index (κ1) is 16.8. The van der Waals surface area contributed by atoms with E-state index in [2.05, 4.69) is 20.8 Å². The maximum absolute atomic E-state index is 12.7. The summed E-state index contributed by atoms with van der Waals surface area (Å²) in [7, 11) is 0. The number of Topliss-reactive ketones (excluding diaryl/α,β-unsaturated/α-hetero) is 1. The van der Waals surface area contributed by atoms with Crippen molar-refractivity contribution in [3.8, 4) is 10.7 Å². The van der Waals surface area contributed by atoms with Gasteiger partial charge in [0.05, 0.1) is 10.1 Å². The van der Waals surface area contributed by atoms with E-state index in [1.165, 1.54) is 11.8 Å². The van der Waals surface area contributed by atoms with Crippen molar-refractivity contribution >= 4 is 40.5 Å². The smallest absolute Gasteiger partial charge is 0.192 e. The largest absolute Gasteiger partial charge is 0.298 e. The summed E-state index contributed by atoms with van der Waals surface area (Å²) < 4.78 is 2.20. The summed E-state index contributed by atoms with van der Waals surface area (Å²) >= 11 is 9.04. The number of carbonyl (C=O) groups is 1. The van der Waals surface area contributed by atoms with Crippen LogP contribution in [0.1, 0.15) is 36.2 Å². The fourth-order valence-electron chi connectivity index (χ4n) is 2.65. The van der Waals surface area contributed by atoms with Crippen molar-refractivity contribution in [2.45, 2.75) is 36.2 Å². The quantitative estimate of drug-likeness (QED) is 0.420. The van der Waals surface area contributed by atoms with Crippen LogP contribution >= 0.6 is 34.7 Å². The lowest BCUT2D eigenvalue weighted by atomic mass is 10.1. The number of aromatic nitrogens is 3. The standard InChI is InChI=1S/C18H16ClN3OS2/c1-11(16(23)12-4-6-13(19)7-5-12)25-18-21-20-17(15-3-2-10-24-15)22(18)14-8-9-14/h2-7,10-11,14H,8-9H2,1H3/t11-/m1/s1. The zero-order chi connectivity index (χ0) is 17.4. The van der Waals surface area contributed by atoms with E-state index in [1.807, 2.05) is 18.4 Å². The van der Waals surface area contributed by atoms with Crippen LogP contribution in [-0.4, -0.2) is 25.8 Å². The first-order valence-corrected chi connectivity index (χ1v) is 10.2. The third-order valence-electron chi connectivity index (χ3n) is 4.10. The van der Waals surface area contributed by atoms with Gasteiger partial charge < -0.3 is 0 Å². The Labute approximate surface area is 159 Å². The molecule has 25 heavy (non-hydrogen) atoms. The average molecular weight is 390 g/mol. The Hall–Kier alpha value is -1.63. The van der Waals surface area contributed by atoms with Crippen LogP contribution in [0.3, 0.4) is 0 Å². The molecule has 2 heterocycles. The highest BCUT2D eigenvalue weighted by Crippen LogP contribution is 2.42. The minimum atomic E-state index is -0.237. The molecular formula is C18H16ClN3OS2. The maximum atomic E-state index is 12.7. The lowest BCUT2D eigenvalue weighted by Gasteiger charge is -2.12. The Balaban J connectivity index is 1.58. The van der Waals surface area contributed by atoms with E-state index in [1.54, 1.807) is 35.6 Å². The average Bonchev–Trinajstić information content (AvgIpc) is 3.14. The fourth-order valence-corrected chi connectivity index (χ4v) is 4.48. The number of thiophene rings is 1. The zero-order valence-corrected chi connectivity index (χ0v) is 15.9. The maximum Gasteiger partial charge on any atom is 0.192 e. The summed E-state index contributed by atoms with van der Waals surface area (Å²) in [5.41, 5.74) is 0.667. The third-order valence-corrected chi connectivity index (χ3v) is 6.27. The van der Waals surface area contributed by atoms with Gasteiger partial charge in [-0.2, -0.15) is 0 Å². The molecule has 0 saturated heterocycles. The minimum Gasteiger partial charge on any atom is -0.298 e. The Morgan fingerprint density at radius 3 is 2.68 bits per heavy atom. The molecule has 3 aromatic rings. The van der Waals surface area contributed by atoms with Gasteiger partial charge in [0.25, 0.3) is 0 Å².